The van der Waals surface area contributed by atoms with E-state index in [2.05, 4.69) is 11.0 Å². The summed E-state index contributed by atoms with van der Waals surface area (Å²) in [6.45, 7) is 3.73. The van der Waals surface area contributed by atoms with Gasteiger partial charge in [-0.1, -0.05) is 47.5 Å². The average Bonchev–Trinajstić information content (AvgIpc) is 3.32. The van der Waals surface area contributed by atoms with Gasteiger partial charge in [-0.05, 0) is 92.6 Å². The van der Waals surface area contributed by atoms with Crippen molar-refractivity contribution >= 4 is 46.9 Å². The number of nitrogens with zero attached hydrogens (tertiary/aromatic N) is 3. The fraction of sp³-hybridized carbons (Fsp3) is 0.433. The Hall–Kier alpha value is -2.67. The van der Waals surface area contributed by atoms with E-state index in [0.717, 1.165) is 61.1 Å². The zero-order valence-electron chi connectivity index (χ0n) is 21.6. The standard InChI is InChI=1S/C30H33Cl2N3O3/c1-2-38-30(37)23-6-4-16-34(18-23)19-27(36)35-29(21-10-14-25(32)15-11-21)26-7-3-5-22(28(26)33-35)17-20-8-12-24(31)13-9-20/h8-15,17,23,26,29H,2-7,16,18-19H2,1H3/b22-17-/t23-,26-,29-/m1/s1. The molecule has 1 amide bonds. The molecule has 1 saturated heterocycles. The maximum absolute atomic E-state index is 13.8. The normalized spacial score (nSPS) is 24.7. The van der Waals surface area contributed by atoms with Gasteiger partial charge in [-0.15, -0.1) is 0 Å². The van der Waals surface area contributed by atoms with Gasteiger partial charge in [0, 0.05) is 22.5 Å². The van der Waals surface area contributed by atoms with Crippen molar-refractivity contribution in [1.29, 1.82) is 0 Å². The van der Waals surface area contributed by atoms with Gasteiger partial charge in [0.15, 0.2) is 0 Å². The molecule has 0 aromatic heterocycles. The van der Waals surface area contributed by atoms with Gasteiger partial charge in [0.1, 0.15) is 0 Å². The van der Waals surface area contributed by atoms with Gasteiger partial charge in [-0.2, -0.15) is 5.10 Å². The van der Waals surface area contributed by atoms with Crippen molar-refractivity contribution in [1.82, 2.24) is 9.91 Å². The van der Waals surface area contributed by atoms with E-state index >= 15 is 0 Å². The van der Waals surface area contributed by atoms with E-state index in [9.17, 15) is 9.59 Å². The molecule has 200 valence electrons. The van der Waals surface area contributed by atoms with Crippen molar-refractivity contribution < 1.29 is 14.3 Å². The number of fused-ring (bicyclic) bond motifs is 1. The van der Waals surface area contributed by atoms with Gasteiger partial charge in [0.05, 0.1) is 30.8 Å². The van der Waals surface area contributed by atoms with E-state index in [0.29, 0.717) is 23.2 Å². The molecule has 5 rings (SSSR count). The summed E-state index contributed by atoms with van der Waals surface area (Å²) in [6, 6.07) is 15.3. The number of hydrogen-bond donors (Lipinski definition) is 0. The van der Waals surface area contributed by atoms with Crippen LogP contribution >= 0.6 is 23.2 Å². The highest BCUT2D eigenvalue weighted by atomic mass is 35.5. The Balaban J connectivity index is 1.42. The van der Waals surface area contributed by atoms with Gasteiger partial charge >= 0.3 is 5.97 Å². The molecule has 0 unspecified atom stereocenters. The smallest absolute Gasteiger partial charge is 0.310 e. The molecular weight excluding hydrogens is 521 g/mol. The summed E-state index contributed by atoms with van der Waals surface area (Å²) in [7, 11) is 0. The van der Waals surface area contributed by atoms with Crippen LogP contribution in [-0.4, -0.2) is 53.7 Å². The summed E-state index contributed by atoms with van der Waals surface area (Å²) in [6.07, 6.45) is 6.74. The molecule has 0 radical (unpaired) electrons. The van der Waals surface area contributed by atoms with E-state index < -0.39 is 0 Å². The lowest BCUT2D eigenvalue weighted by molar-refractivity contribution is -0.151. The number of amides is 1. The first-order valence-electron chi connectivity index (χ1n) is 13.4. The topological polar surface area (TPSA) is 62.2 Å². The lowest BCUT2D eigenvalue weighted by atomic mass is 9.77. The van der Waals surface area contributed by atoms with E-state index in [4.69, 9.17) is 33.0 Å². The number of hydrogen-bond acceptors (Lipinski definition) is 5. The van der Waals surface area contributed by atoms with Gasteiger partial charge in [-0.25, -0.2) is 5.01 Å². The third-order valence-electron chi connectivity index (χ3n) is 7.66. The highest BCUT2D eigenvalue weighted by molar-refractivity contribution is 6.30. The van der Waals surface area contributed by atoms with Gasteiger partial charge < -0.3 is 4.74 Å². The molecule has 1 aliphatic carbocycles. The fourth-order valence-corrected chi connectivity index (χ4v) is 6.13. The Labute approximate surface area is 234 Å². The SMILES string of the molecule is CCOC(=O)[C@@H]1CCCN(CC(=O)N2N=C3/C(=C\c4ccc(Cl)cc4)CCC[C@H]3[C@H]2c2ccc(Cl)cc2)C1. The Morgan fingerprint density at radius 2 is 1.74 bits per heavy atom. The molecule has 2 aromatic carbocycles. The van der Waals surface area contributed by atoms with Crippen molar-refractivity contribution in [2.24, 2.45) is 16.9 Å². The Bertz CT molecular complexity index is 1230. The van der Waals surface area contributed by atoms with Gasteiger partial charge in [-0.3, -0.25) is 14.5 Å². The first kappa shape index (κ1) is 26.9. The molecule has 38 heavy (non-hydrogen) atoms. The summed E-state index contributed by atoms with van der Waals surface area (Å²) >= 11 is 12.3. The van der Waals surface area contributed by atoms with E-state index in [-0.39, 0.29) is 36.3 Å². The highest BCUT2D eigenvalue weighted by Crippen LogP contribution is 2.44. The van der Waals surface area contributed by atoms with Crippen LogP contribution < -0.4 is 0 Å². The second-order valence-corrected chi connectivity index (χ2v) is 11.1. The summed E-state index contributed by atoms with van der Waals surface area (Å²) < 4.78 is 5.24. The zero-order chi connectivity index (χ0) is 26.6. The predicted octanol–water partition coefficient (Wildman–Crippen LogP) is 6.39. The predicted molar refractivity (Wildman–Crippen MR) is 151 cm³/mol. The van der Waals surface area contributed by atoms with Crippen molar-refractivity contribution in [2.75, 3.05) is 26.2 Å². The maximum atomic E-state index is 13.8. The number of piperidine rings is 1. The number of benzene rings is 2. The third kappa shape index (κ3) is 5.98. The van der Waals surface area contributed by atoms with Crippen molar-refractivity contribution in [3.05, 3.63) is 75.3 Å². The minimum Gasteiger partial charge on any atom is -0.466 e. The molecule has 2 fully saturated rings. The van der Waals surface area contributed by atoms with Crippen molar-refractivity contribution in [3.8, 4) is 0 Å². The molecule has 2 heterocycles. The summed E-state index contributed by atoms with van der Waals surface area (Å²) in [5, 5.41) is 8.05. The first-order valence-corrected chi connectivity index (χ1v) is 14.2. The van der Waals surface area contributed by atoms with Crippen LogP contribution in [0.25, 0.3) is 6.08 Å². The largest absolute Gasteiger partial charge is 0.466 e. The number of allylic oxidation sites excluding steroid dienone is 1. The fourth-order valence-electron chi connectivity index (χ4n) is 5.88. The Kier molecular flexibility index (Phi) is 8.51. The van der Waals surface area contributed by atoms with Crippen molar-refractivity contribution in [3.63, 3.8) is 0 Å². The third-order valence-corrected chi connectivity index (χ3v) is 8.17. The lowest BCUT2D eigenvalue weighted by Gasteiger charge is -2.33. The highest BCUT2D eigenvalue weighted by Gasteiger charge is 2.44. The molecule has 8 heteroatoms. The first-order chi connectivity index (χ1) is 18.4. The van der Waals surface area contributed by atoms with Crippen LogP contribution in [0.4, 0.5) is 0 Å². The Morgan fingerprint density at radius 1 is 1.03 bits per heavy atom. The van der Waals surface area contributed by atoms with Crippen LogP contribution in [0.2, 0.25) is 10.0 Å². The number of likely N-dealkylation sites (tertiary alicyclic amines) is 1. The molecule has 2 aromatic rings. The molecule has 2 aliphatic heterocycles. The van der Waals surface area contributed by atoms with Gasteiger partial charge in [0.25, 0.3) is 5.91 Å². The second kappa shape index (κ2) is 12.0. The van der Waals surface area contributed by atoms with E-state index in [1.807, 2.05) is 55.5 Å². The molecule has 0 spiro atoms. The molecule has 0 N–H and O–H groups in total. The maximum Gasteiger partial charge on any atom is 0.310 e. The Morgan fingerprint density at radius 3 is 2.45 bits per heavy atom. The van der Waals surface area contributed by atoms with Crippen LogP contribution in [-0.2, 0) is 14.3 Å². The molecular formula is C30H33Cl2N3O3. The van der Waals surface area contributed by atoms with E-state index in [1.165, 1.54) is 0 Å². The second-order valence-electron chi connectivity index (χ2n) is 10.3. The molecule has 1 saturated carbocycles. The minimum atomic E-state index is -0.190. The summed E-state index contributed by atoms with van der Waals surface area (Å²) in [4.78, 5) is 28.2. The quantitative estimate of drug-likeness (QED) is 0.388. The van der Waals surface area contributed by atoms with Gasteiger partial charge in [0.2, 0.25) is 0 Å². The number of esters is 1. The average molecular weight is 555 g/mol. The number of carbonyl (C=O) groups is 2. The molecule has 6 nitrogen and oxygen atoms in total. The monoisotopic (exact) mass is 553 g/mol. The lowest BCUT2D eigenvalue weighted by Crippen LogP contribution is -2.45. The van der Waals surface area contributed by atoms with Crippen molar-refractivity contribution in [2.45, 2.75) is 45.1 Å². The molecule has 0 bridgehead atoms. The minimum absolute atomic E-state index is 0.0535. The molecule has 3 aliphatic rings. The van der Waals surface area contributed by atoms with Crippen LogP contribution in [0.15, 0.2) is 59.2 Å². The number of ether oxygens (including phenoxy) is 1. The van der Waals surface area contributed by atoms with E-state index in [1.54, 1.807) is 5.01 Å². The zero-order valence-corrected chi connectivity index (χ0v) is 23.1. The number of halogens is 2. The molecule has 3 atom stereocenters. The van der Waals surface area contributed by atoms with Crippen LogP contribution in [0.3, 0.4) is 0 Å². The van der Waals surface area contributed by atoms with Crippen LogP contribution in [0.1, 0.15) is 56.2 Å². The number of carbonyl (C=O) groups excluding carboxylic acids is 2. The van der Waals surface area contributed by atoms with Crippen LogP contribution in [0, 0.1) is 11.8 Å². The number of hydrazone groups is 1. The summed E-state index contributed by atoms with van der Waals surface area (Å²) in [5.41, 5.74) is 4.25. The summed E-state index contributed by atoms with van der Waals surface area (Å²) in [5.74, 6) is -0.304. The van der Waals surface area contributed by atoms with Crippen LogP contribution in [0.5, 0.6) is 0 Å². The number of rotatable bonds is 6.